The van der Waals surface area contributed by atoms with E-state index >= 15 is 0 Å². The third-order valence-electron chi connectivity index (χ3n) is 4.87. The predicted octanol–water partition coefficient (Wildman–Crippen LogP) is 4.02. The van der Waals surface area contributed by atoms with Gasteiger partial charge in [0.2, 0.25) is 0 Å². The van der Waals surface area contributed by atoms with Crippen molar-refractivity contribution in [2.24, 2.45) is 5.92 Å². The monoisotopic (exact) mass is 288 g/mol. The third kappa shape index (κ3) is 5.44. The number of nitrogens with one attached hydrogen (secondary N) is 1. The van der Waals surface area contributed by atoms with E-state index in [0.717, 1.165) is 18.9 Å². The Labute approximate surface area is 130 Å². The van der Waals surface area contributed by atoms with Gasteiger partial charge in [-0.2, -0.15) is 0 Å². The van der Waals surface area contributed by atoms with Crippen LogP contribution in [0.25, 0.3) is 0 Å². The van der Waals surface area contributed by atoms with Crippen molar-refractivity contribution in [3.63, 3.8) is 0 Å². The molecule has 0 radical (unpaired) electrons. The Kier molecular flexibility index (Phi) is 6.72. The summed E-state index contributed by atoms with van der Waals surface area (Å²) in [7, 11) is 0. The minimum Gasteiger partial charge on any atom is -0.310 e. The summed E-state index contributed by atoms with van der Waals surface area (Å²) >= 11 is 0. The molecular weight excluding hydrogens is 256 g/mol. The maximum absolute atomic E-state index is 3.66. The molecule has 0 bridgehead atoms. The maximum atomic E-state index is 3.66. The van der Waals surface area contributed by atoms with E-state index in [0.29, 0.717) is 6.04 Å². The summed E-state index contributed by atoms with van der Waals surface area (Å²) in [6, 6.07) is 9.49. The van der Waals surface area contributed by atoms with Crippen LogP contribution in [0.3, 0.4) is 0 Å². The first-order valence-corrected chi connectivity index (χ1v) is 8.73. The molecule has 0 aliphatic carbocycles. The Bertz CT molecular complexity index is 391. The van der Waals surface area contributed by atoms with E-state index in [4.69, 9.17) is 0 Å². The summed E-state index contributed by atoms with van der Waals surface area (Å²) in [6.07, 6.45) is 5.14. The Morgan fingerprint density at radius 3 is 2.48 bits per heavy atom. The van der Waals surface area contributed by atoms with Crippen LogP contribution in [0.2, 0.25) is 0 Å². The van der Waals surface area contributed by atoms with Crippen LogP contribution in [-0.4, -0.2) is 31.1 Å². The normalized spacial score (nSPS) is 18.8. The van der Waals surface area contributed by atoms with E-state index in [2.05, 4.69) is 55.3 Å². The number of benzene rings is 1. The minimum atomic E-state index is 0.456. The molecule has 1 aliphatic rings. The van der Waals surface area contributed by atoms with Crippen LogP contribution < -0.4 is 5.32 Å². The molecule has 2 nitrogen and oxygen atoms in total. The van der Waals surface area contributed by atoms with Crippen molar-refractivity contribution in [1.29, 1.82) is 0 Å². The number of nitrogens with zero attached hydrogens (tertiary/aromatic N) is 1. The second-order valence-corrected chi connectivity index (χ2v) is 6.65. The molecule has 118 valence electrons. The Balaban J connectivity index is 1.63. The van der Waals surface area contributed by atoms with Crippen molar-refractivity contribution in [2.75, 3.05) is 26.2 Å². The van der Waals surface area contributed by atoms with Crippen LogP contribution >= 0.6 is 0 Å². The van der Waals surface area contributed by atoms with Crippen molar-refractivity contribution < 1.29 is 0 Å². The lowest BCUT2D eigenvalue weighted by Gasteiger charge is -2.30. The number of hydrogen-bond donors (Lipinski definition) is 1. The molecule has 1 N–H and O–H groups in total. The standard InChI is InChI=1S/C19H32N2/c1-4-18-6-8-19(9-7-18)17(3)20-12-5-13-21-14-10-16(2)11-15-21/h6-9,16-17,20H,4-5,10-15H2,1-3H3. The zero-order chi connectivity index (χ0) is 15.1. The van der Waals surface area contributed by atoms with Crippen LogP contribution in [-0.2, 0) is 6.42 Å². The summed E-state index contributed by atoms with van der Waals surface area (Å²) in [5.41, 5.74) is 2.82. The first kappa shape index (κ1) is 16.5. The lowest BCUT2D eigenvalue weighted by Crippen LogP contribution is -2.35. The highest BCUT2D eigenvalue weighted by atomic mass is 15.1. The summed E-state index contributed by atoms with van der Waals surface area (Å²) in [4.78, 5) is 2.63. The maximum Gasteiger partial charge on any atom is 0.0291 e. The number of rotatable bonds is 7. The molecule has 2 heteroatoms. The highest BCUT2D eigenvalue weighted by Gasteiger charge is 2.14. The Hall–Kier alpha value is -0.860. The van der Waals surface area contributed by atoms with Crippen molar-refractivity contribution in [3.8, 4) is 0 Å². The van der Waals surface area contributed by atoms with Gasteiger partial charge in [-0.3, -0.25) is 0 Å². The molecule has 1 heterocycles. The number of hydrogen-bond acceptors (Lipinski definition) is 2. The van der Waals surface area contributed by atoms with Gasteiger partial charge in [-0.25, -0.2) is 0 Å². The van der Waals surface area contributed by atoms with Crippen molar-refractivity contribution >= 4 is 0 Å². The van der Waals surface area contributed by atoms with Gasteiger partial charge in [0.25, 0.3) is 0 Å². The number of likely N-dealkylation sites (tertiary alicyclic amines) is 1. The molecule has 1 saturated heterocycles. The molecule has 21 heavy (non-hydrogen) atoms. The van der Waals surface area contributed by atoms with Crippen molar-refractivity contribution in [3.05, 3.63) is 35.4 Å². The van der Waals surface area contributed by atoms with Gasteiger partial charge in [-0.15, -0.1) is 0 Å². The lowest BCUT2D eigenvalue weighted by atomic mass is 9.99. The van der Waals surface area contributed by atoms with Crippen LogP contribution in [0.15, 0.2) is 24.3 Å². The summed E-state index contributed by atoms with van der Waals surface area (Å²) < 4.78 is 0. The smallest absolute Gasteiger partial charge is 0.0291 e. The van der Waals surface area contributed by atoms with Gasteiger partial charge < -0.3 is 10.2 Å². The fraction of sp³-hybridized carbons (Fsp3) is 0.684. The zero-order valence-electron chi connectivity index (χ0n) is 14.1. The molecule has 1 unspecified atom stereocenters. The van der Waals surface area contributed by atoms with Crippen molar-refractivity contribution in [1.82, 2.24) is 10.2 Å². The highest BCUT2D eigenvalue weighted by Crippen LogP contribution is 2.16. The van der Waals surface area contributed by atoms with E-state index in [1.807, 2.05) is 0 Å². The van der Waals surface area contributed by atoms with Gasteiger partial charge in [0.15, 0.2) is 0 Å². The molecular formula is C19H32N2. The average molecular weight is 288 g/mol. The average Bonchev–Trinajstić information content (AvgIpc) is 2.53. The molecule has 1 fully saturated rings. The van der Waals surface area contributed by atoms with Gasteiger partial charge >= 0.3 is 0 Å². The van der Waals surface area contributed by atoms with E-state index in [1.54, 1.807) is 0 Å². The van der Waals surface area contributed by atoms with E-state index < -0.39 is 0 Å². The second-order valence-electron chi connectivity index (χ2n) is 6.65. The molecule has 1 atom stereocenters. The van der Waals surface area contributed by atoms with Crippen molar-refractivity contribution in [2.45, 2.75) is 52.5 Å². The topological polar surface area (TPSA) is 15.3 Å². The van der Waals surface area contributed by atoms with Gasteiger partial charge in [-0.1, -0.05) is 38.1 Å². The molecule has 2 rings (SSSR count). The zero-order valence-corrected chi connectivity index (χ0v) is 14.1. The van der Waals surface area contributed by atoms with Gasteiger partial charge in [0.05, 0.1) is 0 Å². The van der Waals surface area contributed by atoms with E-state index in [9.17, 15) is 0 Å². The van der Waals surface area contributed by atoms with Crippen LogP contribution in [0.4, 0.5) is 0 Å². The SMILES string of the molecule is CCc1ccc(C(C)NCCCN2CCC(C)CC2)cc1. The summed E-state index contributed by atoms with van der Waals surface area (Å²) in [5.74, 6) is 0.936. The predicted molar refractivity (Wildman–Crippen MR) is 91.7 cm³/mol. The first-order chi connectivity index (χ1) is 10.2. The van der Waals surface area contributed by atoms with Crippen LogP contribution in [0, 0.1) is 5.92 Å². The van der Waals surface area contributed by atoms with Gasteiger partial charge in [0.1, 0.15) is 0 Å². The molecule has 1 aliphatic heterocycles. The second kappa shape index (κ2) is 8.55. The molecule has 0 saturated carbocycles. The van der Waals surface area contributed by atoms with E-state index in [-0.39, 0.29) is 0 Å². The van der Waals surface area contributed by atoms with Gasteiger partial charge in [0, 0.05) is 6.04 Å². The van der Waals surface area contributed by atoms with Crippen LogP contribution in [0.1, 0.15) is 57.2 Å². The number of aryl methyl sites for hydroxylation is 1. The quantitative estimate of drug-likeness (QED) is 0.762. The fourth-order valence-electron chi connectivity index (χ4n) is 3.07. The minimum absolute atomic E-state index is 0.456. The highest BCUT2D eigenvalue weighted by molar-refractivity contribution is 5.24. The molecule has 1 aromatic rings. The van der Waals surface area contributed by atoms with E-state index in [1.165, 1.54) is 50.0 Å². The third-order valence-corrected chi connectivity index (χ3v) is 4.87. The fourth-order valence-corrected chi connectivity index (χ4v) is 3.07. The van der Waals surface area contributed by atoms with Crippen LogP contribution in [0.5, 0.6) is 0 Å². The molecule has 0 amide bonds. The largest absolute Gasteiger partial charge is 0.310 e. The van der Waals surface area contributed by atoms with Gasteiger partial charge in [-0.05, 0) is 75.8 Å². The molecule has 0 spiro atoms. The first-order valence-electron chi connectivity index (χ1n) is 8.73. The number of piperidine rings is 1. The summed E-state index contributed by atoms with van der Waals surface area (Å²) in [6.45, 7) is 11.8. The lowest BCUT2D eigenvalue weighted by molar-refractivity contribution is 0.190. The Morgan fingerprint density at radius 2 is 1.86 bits per heavy atom. The molecule has 1 aromatic carbocycles. The molecule has 0 aromatic heterocycles. The summed E-state index contributed by atoms with van der Waals surface area (Å²) in [5, 5.41) is 3.66. The Morgan fingerprint density at radius 1 is 1.19 bits per heavy atom.